The summed E-state index contributed by atoms with van der Waals surface area (Å²) in [5.41, 5.74) is 0.843. The van der Waals surface area contributed by atoms with E-state index in [2.05, 4.69) is 10.3 Å². The number of fused-ring (bicyclic) bond motifs is 1. The van der Waals surface area contributed by atoms with E-state index in [0.717, 1.165) is 21.5 Å². The first-order valence-electron chi connectivity index (χ1n) is 7.08. The number of para-hydroxylation sites is 1. The lowest BCUT2D eigenvalue weighted by Crippen LogP contribution is -2.29. The summed E-state index contributed by atoms with van der Waals surface area (Å²) in [6, 6.07) is 13.6. The van der Waals surface area contributed by atoms with Crippen molar-refractivity contribution in [2.24, 2.45) is 0 Å². The zero-order chi connectivity index (χ0) is 15.2. The van der Waals surface area contributed by atoms with Gasteiger partial charge in [-0.2, -0.15) is 0 Å². The number of carbonyl (C=O) groups excluding carboxylic acids is 1. The Morgan fingerprint density at radius 2 is 2.09 bits per heavy atom. The van der Waals surface area contributed by atoms with Crippen LogP contribution in [0, 0.1) is 0 Å². The molecule has 3 aromatic rings. The average Bonchev–Trinajstić information content (AvgIpc) is 3.04. The second-order valence-electron chi connectivity index (χ2n) is 4.79. The van der Waals surface area contributed by atoms with Gasteiger partial charge < -0.3 is 10.1 Å². The second kappa shape index (κ2) is 7.04. The third-order valence-electron chi connectivity index (χ3n) is 3.19. The summed E-state index contributed by atoms with van der Waals surface area (Å²) < 4.78 is 5.73. The van der Waals surface area contributed by atoms with Gasteiger partial charge in [-0.25, -0.2) is 0 Å². The van der Waals surface area contributed by atoms with Crippen molar-refractivity contribution in [1.29, 1.82) is 0 Å². The van der Waals surface area contributed by atoms with Crippen LogP contribution in [0.2, 0.25) is 0 Å². The highest BCUT2D eigenvalue weighted by Gasteiger charge is 2.05. The fourth-order valence-corrected chi connectivity index (χ4v) is 2.88. The molecule has 0 atom stereocenters. The smallest absolute Gasteiger partial charge is 0.225 e. The van der Waals surface area contributed by atoms with E-state index in [-0.39, 0.29) is 5.91 Å². The maximum absolute atomic E-state index is 11.8. The minimum Gasteiger partial charge on any atom is -0.489 e. The summed E-state index contributed by atoms with van der Waals surface area (Å²) in [6.45, 7) is 0.902. The molecule has 0 radical (unpaired) electrons. The summed E-state index contributed by atoms with van der Waals surface area (Å²) in [5.74, 6) is 0.757. The molecule has 112 valence electrons. The Kier molecular flexibility index (Phi) is 4.65. The molecule has 0 saturated carbocycles. The Bertz CT molecular complexity index is 751. The first-order valence-corrected chi connectivity index (χ1v) is 7.96. The number of nitrogens with zero attached hydrogens (tertiary/aromatic N) is 1. The van der Waals surface area contributed by atoms with Crippen LogP contribution < -0.4 is 10.1 Å². The Labute approximate surface area is 132 Å². The van der Waals surface area contributed by atoms with E-state index in [9.17, 15) is 4.79 Å². The molecule has 2 aromatic heterocycles. The van der Waals surface area contributed by atoms with Gasteiger partial charge in [-0.05, 0) is 23.6 Å². The third kappa shape index (κ3) is 3.62. The number of hydrogen-bond acceptors (Lipinski definition) is 4. The maximum atomic E-state index is 11.8. The highest BCUT2D eigenvalue weighted by Crippen LogP contribution is 2.22. The number of thiophene rings is 1. The van der Waals surface area contributed by atoms with Gasteiger partial charge in [0.2, 0.25) is 5.91 Å². The lowest BCUT2D eigenvalue weighted by molar-refractivity contribution is -0.120. The minimum atomic E-state index is 0.0158. The van der Waals surface area contributed by atoms with Gasteiger partial charge in [-0.15, -0.1) is 11.3 Å². The number of benzene rings is 1. The van der Waals surface area contributed by atoms with Crippen molar-refractivity contribution in [1.82, 2.24) is 10.3 Å². The molecule has 0 spiro atoms. The normalized spacial score (nSPS) is 10.5. The molecular formula is C17H16N2O2S. The largest absolute Gasteiger partial charge is 0.489 e. The quantitative estimate of drug-likeness (QED) is 0.712. The van der Waals surface area contributed by atoms with E-state index in [1.54, 1.807) is 17.5 Å². The predicted octanol–water partition coefficient (Wildman–Crippen LogP) is 3.03. The number of ether oxygens (including phenoxy) is 1. The van der Waals surface area contributed by atoms with Gasteiger partial charge in [0.05, 0.1) is 13.0 Å². The highest BCUT2D eigenvalue weighted by atomic mass is 32.1. The standard InChI is InChI=1S/C17H16N2O2S/c20-16(12-14-6-3-11-22-14)18-9-10-21-15-7-1-4-13-5-2-8-19-17(13)15/h1-8,11H,9-10,12H2,(H,18,20). The number of hydrogen-bond donors (Lipinski definition) is 1. The van der Waals surface area contributed by atoms with Crippen LogP contribution in [0.15, 0.2) is 54.0 Å². The Morgan fingerprint density at radius 3 is 2.95 bits per heavy atom. The highest BCUT2D eigenvalue weighted by molar-refractivity contribution is 7.10. The van der Waals surface area contributed by atoms with Gasteiger partial charge in [0.15, 0.2) is 0 Å². The van der Waals surface area contributed by atoms with Crippen LogP contribution in [0.5, 0.6) is 5.75 Å². The molecule has 3 rings (SSSR count). The Morgan fingerprint density at radius 1 is 1.18 bits per heavy atom. The van der Waals surface area contributed by atoms with E-state index in [1.807, 2.05) is 47.8 Å². The van der Waals surface area contributed by atoms with Crippen molar-refractivity contribution >= 4 is 28.1 Å². The van der Waals surface area contributed by atoms with Crippen molar-refractivity contribution in [3.05, 3.63) is 58.9 Å². The summed E-state index contributed by atoms with van der Waals surface area (Å²) in [6.07, 6.45) is 2.17. The van der Waals surface area contributed by atoms with E-state index in [0.29, 0.717) is 19.6 Å². The van der Waals surface area contributed by atoms with Crippen molar-refractivity contribution in [2.45, 2.75) is 6.42 Å². The molecule has 0 fully saturated rings. The van der Waals surface area contributed by atoms with Crippen molar-refractivity contribution in [3.8, 4) is 5.75 Å². The Balaban J connectivity index is 1.49. The summed E-state index contributed by atoms with van der Waals surface area (Å²) >= 11 is 1.59. The van der Waals surface area contributed by atoms with Crippen molar-refractivity contribution in [2.75, 3.05) is 13.2 Å². The fourth-order valence-electron chi connectivity index (χ4n) is 2.18. The van der Waals surface area contributed by atoms with Crippen molar-refractivity contribution in [3.63, 3.8) is 0 Å². The first-order chi connectivity index (χ1) is 10.8. The van der Waals surface area contributed by atoms with Crippen LogP contribution in [-0.4, -0.2) is 24.0 Å². The Hall–Kier alpha value is -2.40. The number of aromatic nitrogens is 1. The molecule has 2 heterocycles. The third-order valence-corrected chi connectivity index (χ3v) is 4.07. The molecule has 0 aliphatic carbocycles. The van der Waals surface area contributed by atoms with Crippen LogP contribution in [0.3, 0.4) is 0 Å². The number of pyridine rings is 1. The van der Waals surface area contributed by atoms with E-state index >= 15 is 0 Å². The van der Waals surface area contributed by atoms with Crippen LogP contribution in [0.4, 0.5) is 0 Å². The number of nitrogens with one attached hydrogen (secondary N) is 1. The van der Waals surface area contributed by atoms with Crippen LogP contribution in [0.1, 0.15) is 4.88 Å². The molecule has 1 aromatic carbocycles. The number of carbonyl (C=O) groups is 1. The van der Waals surface area contributed by atoms with Crippen LogP contribution in [0.25, 0.3) is 10.9 Å². The van der Waals surface area contributed by atoms with Crippen molar-refractivity contribution < 1.29 is 9.53 Å². The molecule has 0 aliphatic rings. The zero-order valence-electron chi connectivity index (χ0n) is 12.0. The summed E-state index contributed by atoms with van der Waals surface area (Å²) in [5, 5.41) is 5.88. The number of rotatable bonds is 6. The van der Waals surface area contributed by atoms with E-state index < -0.39 is 0 Å². The molecule has 0 bridgehead atoms. The zero-order valence-corrected chi connectivity index (χ0v) is 12.8. The molecule has 1 N–H and O–H groups in total. The molecule has 22 heavy (non-hydrogen) atoms. The van der Waals surface area contributed by atoms with Gasteiger partial charge in [0.1, 0.15) is 17.9 Å². The molecule has 0 unspecified atom stereocenters. The van der Waals surface area contributed by atoms with Gasteiger partial charge >= 0.3 is 0 Å². The van der Waals surface area contributed by atoms with Gasteiger partial charge in [-0.3, -0.25) is 9.78 Å². The van der Waals surface area contributed by atoms with E-state index in [1.165, 1.54) is 0 Å². The summed E-state index contributed by atoms with van der Waals surface area (Å²) in [4.78, 5) is 17.2. The van der Waals surface area contributed by atoms with Gasteiger partial charge in [0.25, 0.3) is 0 Å². The molecule has 4 nitrogen and oxygen atoms in total. The van der Waals surface area contributed by atoms with Gasteiger partial charge in [0, 0.05) is 16.5 Å². The van der Waals surface area contributed by atoms with Crippen LogP contribution in [-0.2, 0) is 11.2 Å². The minimum absolute atomic E-state index is 0.0158. The molecule has 0 aliphatic heterocycles. The topological polar surface area (TPSA) is 51.2 Å². The predicted molar refractivity (Wildman–Crippen MR) is 88.3 cm³/mol. The summed E-state index contributed by atoms with van der Waals surface area (Å²) in [7, 11) is 0. The SMILES string of the molecule is O=C(Cc1cccs1)NCCOc1cccc2cccnc12. The molecule has 5 heteroatoms. The molecule has 0 saturated heterocycles. The number of amides is 1. The van der Waals surface area contributed by atoms with Crippen LogP contribution >= 0.6 is 11.3 Å². The molecular weight excluding hydrogens is 296 g/mol. The van der Waals surface area contributed by atoms with Gasteiger partial charge in [-0.1, -0.05) is 24.3 Å². The monoisotopic (exact) mass is 312 g/mol. The second-order valence-corrected chi connectivity index (χ2v) is 5.82. The first kappa shape index (κ1) is 14.5. The lowest BCUT2D eigenvalue weighted by Gasteiger charge is -2.09. The average molecular weight is 312 g/mol. The lowest BCUT2D eigenvalue weighted by atomic mass is 10.2. The molecule has 1 amide bonds. The maximum Gasteiger partial charge on any atom is 0.225 e. The fraction of sp³-hybridized carbons (Fsp3) is 0.176. The van der Waals surface area contributed by atoms with E-state index in [4.69, 9.17) is 4.74 Å².